The number of aliphatic hydroxyl groups is 1. The smallest absolute Gasteiger partial charge is 0.250 e. The van der Waals surface area contributed by atoms with Crippen molar-refractivity contribution in [3.05, 3.63) is 92.1 Å². The summed E-state index contributed by atoms with van der Waals surface area (Å²) >= 11 is 8.17. The molecule has 1 aromatic heterocycles. The molecule has 1 spiro atoms. The topological polar surface area (TPSA) is 153 Å². The van der Waals surface area contributed by atoms with Crippen LogP contribution in [0.4, 0.5) is 0 Å². The molecule has 5 atom stereocenters. The van der Waals surface area contributed by atoms with Crippen LogP contribution in [0.2, 0.25) is 5.02 Å². The summed E-state index contributed by atoms with van der Waals surface area (Å²) in [4.78, 5) is 70.4. The van der Waals surface area contributed by atoms with Crippen LogP contribution in [0.25, 0.3) is 0 Å². The number of allylic oxidation sites excluding steroid dienone is 1. The fraction of sp³-hybridized carbons (Fsp3) is 0.465. The van der Waals surface area contributed by atoms with E-state index in [0.29, 0.717) is 51.0 Å². The number of piperidine rings is 1. The van der Waals surface area contributed by atoms with Gasteiger partial charge in [-0.05, 0) is 55.2 Å². The van der Waals surface area contributed by atoms with Crippen molar-refractivity contribution < 1.29 is 38.5 Å². The van der Waals surface area contributed by atoms with Gasteiger partial charge in [-0.2, -0.15) is 0 Å². The quantitative estimate of drug-likeness (QED) is 0.145. The van der Waals surface area contributed by atoms with E-state index in [1.807, 2.05) is 46.1 Å². The number of aliphatic hydroxyl groups excluding tert-OH is 1. The molecule has 57 heavy (non-hydrogen) atoms. The Morgan fingerprint density at radius 1 is 1.04 bits per heavy atom. The second-order valence-electron chi connectivity index (χ2n) is 15.4. The lowest BCUT2D eigenvalue weighted by Crippen LogP contribution is -2.53. The number of nitrogens with zero attached hydrogens (tertiary/aromatic N) is 2. The highest BCUT2D eigenvalue weighted by molar-refractivity contribution is 7.98. The zero-order valence-corrected chi connectivity index (χ0v) is 34.2. The molecule has 1 fully saturated rings. The zero-order valence-electron chi connectivity index (χ0n) is 32.6. The molecule has 12 nitrogen and oxygen atoms in total. The van der Waals surface area contributed by atoms with Crippen molar-refractivity contribution in [1.82, 2.24) is 14.8 Å². The van der Waals surface area contributed by atoms with E-state index in [9.17, 15) is 29.1 Å². The number of ether oxygens (including phenoxy) is 3. The van der Waals surface area contributed by atoms with Crippen molar-refractivity contribution >= 4 is 46.7 Å². The number of hydrogen-bond acceptors (Lipinski definition) is 10. The molecule has 4 aliphatic rings. The summed E-state index contributed by atoms with van der Waals surface area (Å²) in [7, 11) is 2.81. The summed E-state index contributed by atoms with van der Waals surface area (Å²) in [6, 6.07) is 14.3. The molecule has 3 aromatic rings. The third kappa shape index (κ3) is 7.44. The summed E-state index contributed by atoms with van der Waals surface area (Å²) < 4.78 is 19.1. The average molecular weight is 818 g/mol. The Morgan fingerprint density at radius 2 is 1.79 bits per heavy atom. The molecular formula is C43H48ClN3O9S. The summed E-state index contributed by atoms with van der Waals surface area (Å²) in [5, 5.41) is 15.2. The molecule has 1 aliphatic carbocycles. The van der Waals surface area contributed by atoms with Gasteiger partial charge in [0.1, 0.15) is 22.1 Å². The van der Waals surface area contributed by atoms with Gasteiger partial charge >= 0.3 is 0 Å². The van der Waals surface area contributed by atoms with Crippen LogP contribution >= 0.6 is 23.4 Å². The maximum absolute atomic E-state index is 14.4. The monoisotopic (exact) mass is 817 g/mol. The molecular weight excluding hydrogens is 770 g/mol. The standard InChI is InChI=1S/C43H48ClN3O9S/c1-24-17-31(48)37(41(52)43(24)42(53)38-32(54-2)20-33(55-3)39(44)40(38)56-43)29(26-12-14-28(57-4)15-13-26)19-34(49)45-16-7-5-6-10-35(50)46-21-25-18-27(23-46)30-9-8-11-36(51)47(30)22-25/h8-9,11-15,20,24-25,27,29,52H,5-7,10,16-19,21-23H2,1-4H3,(H,45,49)/t24-,25?,27?,29?,43+/m1/s1. The lowest BCUT2D eigenvalue weighted by molar-refractivity contribution is -0.134. The summed E-state index contributed by atoms with van der Waals surface area (Å²) in [6.07, 6.45) is 5.10. The van der Waals surface area contributed by atoms with Gasteiger partial charge in [0.05, 0.1) is 14.2 Å². The number of pyridine rings is 1. The van der Waals surface area contributed by atoms with E-state index < -0.39 is 29.0 Å². The largest absolute Gasteiger partial charge is 0.507 e. The number of ketones is 2. The van der Waals surface area contributed by atoms with E-state index in [-0.39, 0.29) is 81.2 Å². The number of rotatable bonds is 13. The van der Waals surface area contributed by atoms with E-state index in [4.69, 9.17) is 25.8 Å². The van der Waals surface area contributed by atoms with Crippen LogP contribution in [0, 0.1) is 11.8 Å². The van der Waals surface area contributed by atoms with Crippen LogP contribution in [0.3, 0.4) is 0 Å². The molecule has 14 heteroatoms. The molecule has 2 bridgehead atoms. The number of nitrogens with one attached hydrogen (secondary N) is 1. The van der Waals surface area contributed by atoms with Crippen molar-refractivity contribution in [2.24, 2.45) is 11.8 Å². The minimum absolute atomic E-state index is 0.00689. The molecule has 1 saturated heterocycles. The summed E-state index contributed by atoms with van der Waals surface area (Å²) in [5.74, 6) is -2.63. The second-order valence-corrected chi connectivity index (χ2v) is 16.7. The van der Waals surface area contributed by atoms with Gasteiger partial charge in [0, 0.05) is 91.5 Å². The molecule has 0 radical (unpaired) electrons. The number of unbranched alkanes of at least 4 members (excludes halogenated alkanes) is 2. The number of benzene rings is 2. The Bertz CT molecular complexity index is 2190. The van der Waals surface area contributed by atoms with Crippen LogP contribution in [0.5, 0.6) is 17.2 Å². The Labute approximate surface area is 340 Å². The Morgan fingerprint density at radius 3 is 2.51 bits per heavy atom. The highest BCUT2D eigenvalue weighted by Crippen LogP contribution is 2.56. The van der Waals surface area contributed by atoms with Crippen molar-refractivity contribution in [2.45, 2.75) is 80.7 Å². The minimum Gasteiger partial charge on any atom is -0.507 e. The van der Waals surface area contributed by atoms with Gasteiger partial charge in [0.25, 0.3) is 5.56 Å². The fourth-order valence-electron chi connectivity index (χ4n) is 9.08. The van der Waals surface area contributed by atoms with E-state index in [2.05, 4.69) is 5.32 Å². The van der Waals surface area contributed by atoms with Crippen LogP contribution in [0.1, 0.15) is 85.3 Å². The Balaban J connectivity index is 1.02. The second kappa shape index (κ2) is 16.6. The van der Waals surface area contributed by atoms with Crippen molar-refractivity contribution in [1.29, 1.82) is 0 Å². The van der Waals surface area contributed by atoms with Crippen LogP contribution in [-0.4, -0.2) is 83.7 Å². The third-order valence-electron chi connectivity index (χ3n) is 12.0. The highest BCUT2D eigenvalue weighted by Gasteiger charge is 2.61. The van der Waals surface area contributed by atoms with E-state index >= 15 is 0 Å². The molecule has 0 saturated carbocycles. The van der Waals surface area contributed by atoms with E-state index in [1.54, 1.807) is 30.8 Å². The van der Waals surface area contributed by atoms with Gasteiger partial charge in [-0.1, -0.05) is 43.1 Å². The lowest BCUT2D eigenvalue weighted by Gasteiger charge is -2.42. The van der Waals surface area contributed by atoms with Crippen molar-refractivity contribution in [3.63, 3.8) is 0 Å². The molecule has 302 valence electrons. The molecule has 4 heterocycles. The predicted octanol–water partition coefficient (Wildman–Crippen LogP) is 6.47. The first-order valence-electron chi connectivity index (χ1n) is 19.4. The number of amides is 2. The van der Waals surface area contributed by atoms with E-state index in [0.717, 1.165) is 23.4 Å². The number of aromatic nitrogens is 1. The van der Waals surface area contributed by atoms with Crippen LogP contribution < -0.4 is 25.1 Å². The minimum atomic E-state index is -1.98. The Hall–Kier alpha value is -4.75. The number of carbonyl (C=O) groups excluding carboxylic acids is 4. The van der Waals surface area contributed by atoms with Crippen molar-refractivity contribution in [3.8, 4) is 17.2 Å². The maximum Gasteiger partial charge on any atom is 0.250 e. The normalized spacial score (nSPS) is 22.8. The van der Waals surface area contributed by atoms with Gasteiger partial charge in [0.15, 0.2) is 17.3 Å². The van der Waals surface area contributed by atoms with Gasteiger partial charge in [-0.3, -0.25) is 24.0 Å². The Kier molecular flexibility index (Phi) is 11.8. The SMILES string of the molecule is COc1cc(OC)c2c(c1Cl)O[C@]1(C2=O)C(O)=C(C(CC(=O)NCCCCCC(=O)N2CC3CC(C2)c2cccc(=O)n2C3)c2ccc(SC)cc2)C(=O)C[C@H]1C. The van der Waals surface area contributed by atoms with Crippen LogP contribution in [-0.2, 0) is 20.9 Å². The predicted molar refractivity (Wildman–Crippen MR) is 216 cm³/mol. The summed E-state index contributed by atoms with van der Waals surface area (Å²) in [6.45, 7) is 3.95. The van der Waals surface area contributed by atoms with Crippen molar-refractivity contribution in [2.75, 3.05) is 40.1 Å². The fourth-order valence-corrected chi connectivity index (χ4v) is 9.76. The van der Waals surface area contributed by atoms with Crippen LogP contribution in [0.15, 0.2) is 69.6 Å². The molecule has 2 N–H and O–H groups in total. The molecule has 2 amide bonds. The number of fused-ring (bicyclic) bond motifs is 5. The number of halogens is 1. The summed E-state index contributed by atoms with van der Waals surface area (Å²) in [5.41, 5.74) is -0.338. The average Bonchev–Trinajstić information content (AvgIpc) is 3.52. The first-order chi connectivity index (χ1) is 27.4. The first kappa shape index (κ1) is 40.4. The molecule has 7 rings (SSSR count). The number of likely N-dealkylation sites (tertiary alicyclic amines) is 1. The maximum atomic E-state index is 14.4. The number of methoxy groups -OCH3 is 2. The van der Waals surface area contributed by atoms with E-state index in [1.165, 1.54) is 20.3 Å². The van der Waals surface area contributed by atoms with Gasteiger partial charge in [-0.25, -0.2) is 0 Å². The number of hydrogen-bond donors (Lipinski definition) is 2. The van der Waals surface area contributed by atoms with Gasteiger partial charge < -0.3 is 34.1 Å². The number of Topliss-reactive ketones (excluding diaryl/α,β-unsaturated/α-hetero) is 2. The highest BCUT2D eigenvalue weighted by atomic mass is 35.5. The number of carbonyl (C=O) groups is 4. The molecule has 3 aliphatic heterocycles. The molecule has 3 unspecified atom stereocenters. The zero-order chi connectivity index (χ0) is 40.6. The first-order valence-corrected chi connectivity index (χ1v) is 21.0. The third-order valence-corrected chi connectivity index (χ3v) is 13.1. The molecule has 2 aromatic carbocycles. The van der Waals surface area contributed by atoms with Gasteiger partial charge in [0.2, 0.25) is 23.2 Å². The lowest BCUT2D eigenvalue weighted by atomic mass is 9.69. The van der Waals surface area contributed by atoms with Gasteiger partial charge in [-0.15, -0.1) is 11.8 Å². The number of thioether (sulfide) groups is 1.